The fourth-order valence-electron chi connectivity index (χ4n) is 1.34. The normalized spacial score (nSPS) is 10.7. The van der Waals surface area contributed by atoms with Gasteiger partial charge in [-0.1, -0.05) is 0 Å². The Labute approximate surface area is 98.7 Å². The molecule has 0 spiro atoms. The maximum atomic E-state index is 10.6. The molecular weight excluding hydrogens is 311 g/mol. The monoisotopic (exact) mass is 318 g/mol. The van der Waals surface area contributed by atoms with Crippen molar-refractivity contribution >= 4 is 50.3 Å². The predicted octanol–water partition coefficient (Wildman–Crippen LogP) is 2.81. The molecule has 72 valence electrons. The van der Waals surface area contributed by atoms with Crippen molar-refractivity contribution in [1.29, 1.82) is 0 Å². The van der Waals surface area contributed by atoms with Gasteiger partial charge in [-0.15, -0.1) is 11.3 Å². The van der Waals surface area contributed by atoms with Gasteiger partial charge in [-0.25, -0.2) is 0 Å². The highest BCUT2D eigenvalue weighted by Crippen LogP contribution is 2.30. The summed E-state index contributed by atoms with van der Waals surface area (Å²) >= 11 is 3.71. The van der Waals surface area contributed by atoms with E-state index in [1.807, 2.05) is 18.2 Å². The largest absolute Gasteiger partial charge is 0.392 e. The van der Waals surface area contributed by atoms with Gasteiger partial charge in [0.15, 0.2) is 6.29 Å². The number of thiophene rings is 1. The van der Waals surface area contributed by atoms with Crippen LogP contribution in [-0.2, 0) is 6.61 Å². The van der Waals surface area contributed by atoms with Gasteiger partial charge < -0.3 is 5.11 Å². The molecule has 0 aliphatic rings. The molecule has 0 amide bonds. The second-order valence-corrected chi connectivity index (χ2v) is 5.17. The molecule has 0 radical (unpaired) electrons. The van der Waals surface area contributed by atoms with Crippen molar-refractivity contribution < 1.29 is 9.90 Å². The lowest BCUT2D eigenvalue weighted by molar-refractivity contribution is 0.112. The Bertz CT molecular complexity index is 490. The Morgan fingerprint density at radius 3 is 2.86 bits per heavy atom. The highest BCUT2D eigenvalue weighted by Gasteiger charge is 2.06. The Morgan fingerprint density at radius 2 is 2.21 bits per heavy atom. The molecule has 2 rings (SSSR count). The smallest absolute Gasteiger partial charge is 0.160 e. The van der Waals surface area contributed by atoms with E-state index in [9.17, 15) is 4.79 Å². The molecule has 0 saturated heterocycles. The van der Waals surface area contributed by atoms with Crippen molar-refractivity contribution in [2.45, 2.75) is 6.61 Å². The average Bonchev–Trinajstić information content (AvgIpc) is 2.61. The van der Waals surface area contributed by atoms with Gasteiger partial charge in [-0.2, -0.15) is 0 Å². The molecule has 0 bridgehead atoms. The number of carbonyl (C=O) groups excluding carboxylic acids is 1. The third kappa shape index (κ3) is 1.69. The second-order valence-electron chi connectivity index (χ2n) is 2.92. The third-order valence-corrected chi connectivity index (χ3v) is 4.27. The molecule has 0 aliphatic heterocycles. The van der Waals surface area contributed by atoms with Crippen molar-refractivity contribution in [1.82, 2.24) is 0 Å². The number of aliphatic hydroxyl groups excluding tert-OH is 1. The maximum Gasteiger partial charge on any atom is 0.160 e. The van der Waals surface area contributed by atoms with Gasteiger partial charge in [-0.3, -0.25) is 4.79 Å². The van der Waals surface area contributed by atoms with Crippen LogP contribution in [0.5, 0.6) is 0 Å². The van der Waals surface area contributed by atoms with E-state index in [2.05, 4.69) is 22.6 Å². The number of hydrogen-bond acceptors (Lipinski definition) is 3. The zero-order valence-electron chi connectivity index (χ0n) is 7.16. The zero-order chi connectivity index (χ0) is 10.1. The lowest BCUT2D eigenvalue weighted by Gasteiger charge is -1.98. The molecule has 1 heterocycles. The summed E-state index contributed by atoms with van der Waals surface area (Å²) in [4.78, 5) is 11.3. The zero-order valence-corrected chi connectivity index (χ0v) is 10.1. The molecule has 2 nitrogen and oxygen atoms in total. The van der Waals surface area contributed by atoms with Crippen LogP contribution in [-0.4, -0.2) is 11.4 Å². The van der Waals surface area contributed by atoms with Gasteiger partial charge >= 0.3 is 0 Å². The van der Waals surface area contributed by atoms with E-state index in [4.69, 9.17) is 5.11 Å². The van der Waals surface area contributed by atoms with Gasteiger partial charge in [0.1, 0.15) is 0 Å². The number of carbonyl (C=O) groups is 1. The van der Waals surface area contributed by atoms with E-state index in [-0.39, 0.29) is 6.61 Å². The summed E-state index contributed by atoms with van der Waals surface area (Å²) in [6.07, 6.45) is 0.860. The summed E-state index contributed by atoms with van der Waals surface area (Å²) in [7, 11) is 0. The molecule has 14 heavy (non-hydrogen) atoms. The third-order valence-electron chi connectivity index (χ3n) is 1.95. The average molecular weight is 318 g/mol. The lowest BCUT2D eigenvalue weighted by Crippen LogP contribution is -1.83. The molecule has 1 N–H and O–H groups in total. The van der Waals surface area contributed by atoms with Gasteiger partial charge in [0.25, 0.3) is 0 Å². The summed E-state index contributed by atoms with van der Waals surface area (Å²) in [5, 5.41) is 10.1. The van der Waals surface area contributed by atoms with E-state index in [1.54, 1.807) is 0 Å². The van der Waals surface area contributed by atoms with E-state index in [0.29, 0.717) is 0 Å². The van der Waals surface area contributed by atoms with Crippen molar-refractivity contribution in [3.05, 3.63) is 32.2 Å². The van der Waals surface area contributed by atoms with Crippen LogP contribution >= 0.6 is 33.9 Å². The van der Waals surface area contributed by atoms with Crippen LogP contribution in [0.15, 0.2) is 18.2 Å². The molecule has 4 heteroatoms. The molecule has 0 aliphatic carbocycles. The van der Waals surface area contributed by atoms with Crippen LogP contribution in [0.1, 0.15) is 15.2 Å². The molecule has 2 aromatic rings. The summed E-state index contributed by atoms with van der Waals surface area (Å²) < 4.78 is 2.20. The van der Waals surface area contributed by atoms with Crippen molar-refractivity contribution in [2.24, 2.45) is 0 Å². The Morgan fingerprint density at radius 1 is 1.43 bits per heavy atom. The molecule has 0 atom stereocenters. The topological polar surface area (TPSA) is 37.3 Å². The summed E-state index contributed by atoms with van der Waals surface area (Å²) in [6, 6.07) is 5.71. The minimum atomic E-state index is 0.0399. The first-order chi connectivity index (χ1) is 6.74. The first kappa shape index (κ1) is 10.1. The van der Waals surface area contributed by atoms with Crippen LogP contribution in [0.2, 0.25) is 0 Å². The first-order valence-corrected chi connectivity index (χ1v) is 5.92. The standard InChI is InChI=1S/C10H7IO2S/c11-9-2-6(4-12)1-7-3-8(5-13)14-10(7)9/h1-3,5,12H,4H2. The fourth-order valence-corrected chi connectivity index (χ4v) is 3.24. The van der Waals surface area contributed by atoms with E-state index in [1.165, 1.54) is 11.3 Å². The number of aliphatic hydroxyl groups is 1. The van der Waals surface area contributed by atoms with E-state index < -0.39 is 0 Å². The molecular formula is C10H7IO2S. The number of rotatable bonds is 2. The molecule has 0 fully saturated rings. The summed E-state index contributed by atoms with van der Waals surface area (Å²) in [6.45, 7) is 0.0399. The highest BCUT2D eigenvalue weighted by molar-refractivity contribution is 14.1. The van der Waals surface area contributed by atoms with Crippen molar-refractivity contribution in [3.63, 3.8) is 0 Å². The van der Waals surface area contributed by atoms with E-state index >= 15 is 0 Å². The van der Waals surface area contributed by atoms with Crippen molar-refractivity contribution in [3.8, 4) is 0 Å². The molecule has 0 saturated carbocycles. The minimum Gasteiger partial charge on any atom is -0.392 e. The lowest BCUT2D eigenvalue weighted by atomic mass is 10.2. The number of aldehydes is 1. The number of hydrogen-bond donors (Lipinski definition) is 1. The summed E-state index contributed by atoms with van der Waals surface area (Å²) in [5.74, 6) is 0. The molecule has 1 aromatic heterocycles. The number of benzene rings is 1. The first-order valence-electron chi connectivity index (χ1n) is 4.02. The van der Waals surface area contributed by atoms with E-state index in [0.717, 1.165) is 30.4 Å². The van der Waals surface area contributed by atoms with Crippen LogP contribution in [0.25, 0.3) is 10.1 Å². The van der Waals surface area contributed by atoms with Gasteiger partial charge in [0.2, 0.25) is 0 Å². The Kier molecular flexibility index (Phi) is 2.85. The summed E-state index contributed by atoms with van der Waals surface area (Å²) in [5.41, 5.74) is 0.886. The number of halogens is 1. The second kappa shape index (κ2) is 3.96. The number of fused-ring (bicyclic) bond motifs is 1. The fraction of sp³-hybridized carbons (Fsp3) is 0.100. The van der Waals surface area contributed by atoms with Crippen LogP contribution < -0.4 is 0 Å². The maximum absolute atomic E-state index is 10.6. The predicted molar refractivity (Wildman–Crippen MR) is 65.9 cm³/mol. The van der Waals surface area contributed by atoms with Gasteiger partial charge in [0.05, 0.1) is 11.5 Å². The van der Waals surface area contributed by atoms with Crippen LogP contribution in [0.4, 0.5) is 0 Å². The SMILES string of the molecule is O=Cc1cc2cc(CO)cc(I)c2s1. The Hall–Kier alpha value is -0.460. The molecule has 0 unspecified atom stereocenters. The van der Waals surface area contributed by atoms with Gasteiger partial charge in [0, 0.05) is 8.27 Å². The quantitative estimate of drug-likeness (QED) is 0.683. The Balaban J connectivity index is 2.73. The van der Waals surface area contributed by atoms with Crippen LogP contribution in [0.3, 0.4) is 0 Å². The highest BCUT2D eigenvalue weighted by atomic mass is 127. The van der Waals surface area contributed by atoms with Gasteiger partial charge in [-0.05, 0) is 51.7 Å². The molecule has 1 aromatic carbocycles. The van der Waals surface area contributed by atoms with Crippen LogP contribution in [0, 0.1) is 3.57 Å². The van der Waals surface area contributed by atoms with Crippen molar-refractivity contribution in [2.75, 3.05) is 0 Å². The minimum absolute atomic E-state index is 0.0399.